The molecular weight excluding hydrogens is 266 g/mol. The standard InChI is InChI=1S/C16H17N3O2/c1-2-16(20)19-7-5-13(6-8-19)21-14-3-4-15-12(9-14)10-17-11-18-15/h2-4,9-11,13H,1,5-8H2. The molecule has 5 heteroatoms. The van der Waals surface area contributed by atoms with Gasteiger partial charge >= 0.3 is 0 Å². The molecule has 0 radical (unpaired) electrons. The molecule has 1 aliphatic heterocycles. The maximum atomic E-state index is 11.5. The fourth-order valence-electron chi connectivity index (χ4n) is 2.55. The van der Waals surface area contributed by atoms with Crippen LogP contribution in [0.25, 0.3) is 10.9 Å². The summed E-state index contributed by atoms with van der Waals surface area (Å²) in [7, 11) is 0. The number of piperidine rings is 1. The molecule has 0 N–H and O–H groups in total. The first-order chi connectivity index (χ1) is 10.3. The van der Waals surface area contributed by atoms with E-state index in [4.69, 9.17) is 4.74 Å². The second kappa shape index (κ2) is 5.91. The second-order valence-electron chi connectivity index (χ2n) is 5.09. The van der Waals surface area contributed by atoms with E-state index in [1.54, 1.807) is 11.1 Å². The fourth-order valence-corrected chi connectivity index (χ4v) is 2.55. The summed E-state index contributed by atoms with van der Waals surface area (Å²) in [5.74, 6) is 0.821. The van der Waals surface area contributed by atoms with Crippen molar-refractivity contribution in [2.24, 2.45) is 0 Å². The third-order valence-corrected chi connectivity index (χ3v) is 3.71. The Labute approximate surface area is 123 Å². The van der Waals surface area contributed by atoms with Gasteiger partial charge in [-0.1, -0.05) is 6.58 Å². The Hall–Kier alpha value is -2.43. The molecule has 0 atom stereocenters. The van der Waals surface area contributed by atoms with Gasteiger partial charge < -0.3 is 9.64 Å². The minimum absolute atomic E-state index is 0.00342. The average Bonchev–Trinajstić information content (AvgIpc) is 2.55. The normalized spacial score (nSPS) is 15.9. The molecule has 1 aromatic heterocycles. The van der Waals surface area contributed by atoms with Crippen molar-refractivity contribution < 1.29 is 9.53 Å². The summed E-state index contributed by atoms with van der Waals surface area (Å²) >= 11 is 0. The van der Waals surface area contributed by atoms with E-state index in [1.807, 2.05) is 18.2 Å². The van der Waals surface area contributed by atoms with Crippen LogP contribution in [0.4, 0.5) is 0 Å². The third-order valence-electron chi connectivity index (χ3n) is 3.71. The molecule has 2 heterocycles. The van der Waals surface area contributed by atoms with Crippen molar-refractivity contribution in [3.8, 4) is 5.75 Å². The second-order valence-corrected chi connectivity index (χ2v) is 5.09. The zero-order valence-corrected chi connectivity index (χ0v) is 11.7. The summed E-state index contributed by atoms with van der Waals surface area (Å²) in [6.07, 6.45) is 6.49. The zero-order valence-electron chi connectivity index (χ0n) is 11.7. The van der Waals surface area contributed by atoms with Crippen LogP contribution in [-0.4, -0.2) is 40.0 Å². The van der Waals surface area contributed by atoms with Gasteiger partial charge in [0, 0.05) is 37.5 Å². The quantitative estimate of drug-likeness (QED) is 0.810. The molecule has 1 amide bonds. The Morgan fingerprint density at radius 2 is 2.19 bits per heavy atom. The number of ether oxygens (including phenoxy) is 1. The van der Waals surface area contributed by atoms with Gasteiger partial charge in [-0.05, 0) is 24.3 Å². The van der Waals surface area contributed by atoms with Crippen molar-refractivity contribution in [2.45, 2.75) is 18.9 Å². The maximum Gasteiger partial charge on any atom is 0.245 e. The zero-order chi connectivity index (χ0) is 14.7. The summed E-state index contributed by atoms with van der Waals surface area (Å²) in [5.41, 5.74) is 0.906. The molecule has 1 aromatic carbocycles. The van der Waals surface area contributed by atoms with Crippen LogP contribution >= 0.6 is 0 Å². The molecule has 0 spiro atoms. The number of nitrogens with zero attached hydrogens (tertiary/aromatic N) is 3. The maximum absolute atomic E-state index is 11.5. The SMILES string of the molecule is C=CC(=O)N1CCC(Oc2ccc3ncncc3c2)CC1. The fraction of sp³-hybridized carbons (Fsp3) is 0.312. The molecular formula is C16H17N3O2. The van der Waals surface area contributed by atoms with Crippen molar-refractivity contribution in [3.05, 3.63) is 43.4 Å². The largest absolute Gasteiger partial charge is 0.490 e. The van der Waals surface area contributed by atoms with Crippen molar-refractivity contribution in [2.75, 3.05) is 13.1 Å². The van der Waals surface area contributed by atoms with E-state index in [1.165, 1.54) is 12.4 Å². The smallest absolute Gasteiger partial charge is 0.245 e. The predicted molar refractivity (Wildman–Crippen MR) is 80.0 cm³/mol. The number of carbonyl (C=O) groups is 1. The highest BCUT2D eigenvalue weighted by Crippen LogP contribution is 2.22. The van der Waals surface area contributed by atoms with Gasteiger partial charge in [-0.2, -0.15) is 0 Å². The summed E-state index contributed by atoms with van der Waals surface area (Å²) < 4.78 is 6.01. The van der Waals surface area contributed by atoms with E-state index in [-0.39, 0.29) is 12.0 Å². The molecule has 0 saturated carbocycles. The van der Waals surface area contributed by atoms with E-state index in [2.05, 4.69) is 16.5 Å². The third kappa shape index (κ3) is 3.02. The Kier molecular flexibility index (Phi) is 3.81. The number of amides is 1. The minimum atomic E-state index is -0.00342. The molecule has 3 rings (SSSR count). The van der Waals surface area contributed by atoms with Crippen molar-refractivity contribution in [3.63, 3.8) is 0 Å². The van der Waals surface area contributed by atoms with Crippen molar-refractivity contribution >= 4 is 16.8 Å². The molecule has 1 saturated heterocycles. The highest BCUT2D eigenvalue weighted by molar-refractivity contribution is 5.87. The topological polar surface area (TPSA) is 55.3 Å². The van der Waals surface area contributed by atoms with Crippen LogP contribution in [0.15, 0.2) is 43.4 Å². The van der Waals surface area contributed by atoms with Gasteiger partial charge in [-0.25, -0.2) is 9.97 Å². The van der Waals surface area contributed by atoms with E-state index >= 15 is 0 Å². The van der Waals surface area contributed by atoms with E-state index in [0.717, 1.165) is 29.5 Å². The molecule has 1 aliphatic rings. The molecule has 0 bridgehead atoms. The molecule has 108 valence electrons. The number of likely N-dealkylation sites (tertiary alicyclic amines) is 1. The van der Waals surface area contributed by atoms with Gasteiger partial charge in [0.05, 0.1) is 5.52 Å². The van der Waals surface area contributed by atoms with Gasteiger partial charge in [0.2, 0.25) is 5.91 Å². The van der Waals surface area contributed by atoms with E-state index < -0.39 is 0 Å². The first-order valence-electron chi connectivity index (χ1n) is 7.04. The lowest BCUT2D eigenvalue weighted by atomic mass is 10.1. The lowest BCUT2D eigenvalue weighted by Gasteiger charge is -2.31. The lowest BCUT2D eigenvalue weighted by Crippen LogP contribution is -2.41. The van der Waals surface area contributed by atoms with Crippen LogP contribution < -0.4 is 4.74 Å². The van der Waals surface area contributed by atoms with Gasteiger partial charge in [0.1, 0.15) is 18.2 Å². The van der Waals surface area contributed by atoms with Gasteiger partial charge in [-0.3, -0.25) is 4.79 Å². The van der Waals surface area contributed by atoms with Crippen LogP contribution in [-0.2, 0) is 4.79 Å². The van der Waals surface area contributed by atoms with Gasteiger partial charge in [0.25, 0.3) is 0 Å². The summed E-state index contributed by atoms with van der Waals surface area (Å²) in [6, 6.07) is 5.82. The molecule has 0 aliphatic carbocycles. The van der Waals surface area contributed by atoms with Gasteiger partial charge in [-0.15, -0.1) is 0 Å². The Bertz CT molecular complexity index is 663. The Morgan fingerprint density at radius 1 is 1.38 bits per heavy atom. The van der Waals surface area contributed by atoms with Crippen LogP contribution in [0.3, 0.4) is 0 Å². The minimum Gasteiger partial charge on any atom is -0.490 e. The summed E-state index contributed by atoms with van der Waals surface area (Å²) in [6.45, 7) is 4.95. The molecule has 0 unspecified atom stereocenters. The Morgan fingerprint density at radius 3 is 2.95 bits per heavy atom. The number of hydrogen-bond donors (Lipinski definition) is 0. The van der Waals surface area contributed by atoms with Crippen LogP contribution in [0.5, 0.6) is 5.75 Å². The van der Waals surface area contributed by atoms with Crippen LogP contribution in [0.2, 0.25) is 0 Å². The monoisotopic (exact) mass is 283 g/mol. The summed E-state index contributed by atoms with van der Waals surface area (Å²) in [5, 5.41) is 0.967. The number of rotatable bonds is 3. The number of aromatic nitrogens is 2. The van der Waals surface area contributed by atoms with Gasteiger partial charge in [0.15, 0.2) is 0 Å². The van der Waals surface area contributed by atoms with Crippen LogP contribution in [0.1, 0.15) is 12.8 Å². The number of fused-ring (bicyclic) bond motifs is 1. The highest BCUT2D eigenvalue weighted by atomic mass is 16.5. The molecule has 2 aromatic rings. The lowest BCUT2D eigenvalue weighted by molar-refractivity contribution is -0.127. The number of benzene rings is 1. The highest BCUT2D eigenvalue weighted by Gasteiger charge is 2.22. The average molecular weight is 283 g/mol. The molecule has 21 heavy (non-hydrogen) atoms. The Balaban J connectivity index is 1.64. The van der Waals surface area contributed by atoms with Crippen molar-refractivity contribution in [1.82, 2.24) is 14.9 Å². The molecule has 5 nitrogen and oxygen atoms in total. The summed E-state index contributed by atoms with van der Waals surface area (Å²) in [4.78, 5) is 21.5. The number of carbonyl (C=O) groups excluding carboxylic acids is 1. The number of hydrogen-bond acceptors (Lipinski definition) is 4. The predicted octanol–water partition coefficient (Wildman–Crippen LogP) is 2.19. The first-order valence-corrected chi connectivity index (χ1v) is 7.04. The van der Waals surface area contributed by atoms with Crippen molar-refractivity contribution in [1.29, 1.82) is 0 Å². The van der Waals surface area contributed by atoms with Crippen LogP contribution in [0, 0.1) is 0 Å². The van der Waals surface area contributed by atoms with E-state index in [9.17, 15) is 4.79 Å². The molecule has 1 fully saturated rings. The van der Waals surface area contributed by atoms with E-state index in [0.29, 0.717) is 13.1 Å². The first kappa shape index (κ1) is 13.5.